The number of carbonyl (C=O) groups is 1. The third kappa shape index (κ3) is 6.27. The van der Waals surface area contributed by atoms with Crippen molar-refractivity contribution in [3.8, 4) is 0 Å². The minimum absolute atomic E-state index is 0.158. The van der Waals surface area contributed by atoms with E-state index in [4.69, 9.17) is 5.73 Å². The molecule has 2 rings (SSSR count). The predicted octanol–water partition coefficient (Wildman–Crippen LogP) is 3.47. The van der Waals surface area contributed by atoms with Crippen LogP contribution in [0, 0.1) is 17.8 Å². The SMILES string of the molecule is CCCCC[C@@H](O)C=C[C@@H]1[C@H]2CC(CCCCC(N)=O)=C[C@H]2C[C@H]1O. The number of nitrogens with two attached hydrogens (primary N) is 1. The molecule has 4 N–H and O–H groups in total. The maximum atomic E-state index is 10.8. The van der Waals surface area contributed by atoms with Gasteiger partial charge in [0.25, 0.3) is 0 Å². The fraction of sp³-hybridized carbons (Fsp3) is 0.762. The fourth-order valence-electron chi connectivity index (χ4n) is 4.40. The number of hydrogen-bond donors (Lipinski definition) is 3. The standard InChI is InChI=1S/C21H35NO3/c1-2-3-4-8-17(23)10-11-18-19-13-15(7-5-6-9-21(22)25)12-16(19)14-20(18)24/h10-12,16-20,23-24H,2-9,13-14H2,1H3,(H2,22,25)/t16-,17+,18+,19-,20+/m0/s1. The van der Waals surface area contributed by atoms with Crippen molar-refractivity contribution in [3.05, 3.63) is 23.8 Å². The second-order valence-electron chi connectivity index (χ2n) is 7.86. The zero-order valence-corrected chi connectivity index (χ0v) is 15.6. The summed E-state index contributed by atoms with van der Waals surface area (Å²) in [5.74, 6) is 0.876. The van der Waals surface area contributed by atoms with Crippen molar-refractivity contribution in [3.63, 3.8) is 0 Å². The van der Waals surface area contributed by atoms with Crippen LogP contribution in [0.5, 0.6) is 0 Å². The predicted molar refractivity (Wildman–Crippen MR) is 101 cm³/mol. The van der Waals surface area contributed by atoms with E-state index in [-0.39, 0.29) is 24.0 Å². The Morgan fingerprint density at radius 3 is 2.88 bits per heavy atom. The molecule has 25 heavy (non-hydrogen) atoms. The Morgan fingerprint density at radius 1 is 1.36 bits per heavy atom. The van der Waals surface area contributed by atoms with Gasteiger partial charge in [-0.1, -0.05) is 50.0 Å². The van der Waals surface area contributed by atoms with Gasteiger partial charge in [-0.15, -0.1) is 0 Å². The lowest BCUT2D eigenvalue weighted by molar-refractivity contribution is -0.118. The lowest BCUT2D eigenvalue weighted by Crippen LogP contribution is -2.18. The molecule has 0 heterocycles. The smallest absolute Gasteiger partial charge is 0.217 e. The van der Waals surface area contributed by atoms with Crippen molar-refractivity contribution in [2.45, 2.75) is 83.3 Å². The van der Waals surface area contributed by atoms with Crippen LogP contribution in [0.3, 0.4) is 0 Å². The molecule has 4 heteroatoms. The molecule has 0 spiro atoms. The average molecular weight is 350 g/mol. The first-order valence-electron chi connectivity index (χ1n) is 10.0. The Morgan fingerprint density at radius 2 is 2.16 bits per heavy atom. The highest BCUT2D eigenvalue weighted by molar-refractivity contribution is 5.73. The Labute approximate surface area is 152 Å². The highest BCUT2D eigenvalue weighted by Crippen LogP contribution is 2.48. The van der Waals surface area contributed by atoms with E-state index in [0.29, 0.717) is 18.3 Å². The van der Waals surface area contributed by atoms with Gasteiger partial charge < -0.3 is 15.9 Å². The molecule has 1 fully saturated rings. The van der Waals surface area contributed by atoms with E-state index < -0.39 is 0 Å². The van der Waals surface area contributed by atoms with Crippen LogP contribution in [0.15, 0.2) is 23.8 Å². The molecule has 5 atom stereocenters. The van der Waals surface area contributed by atoms with Gasteiger partial charge in [-0.25, -0.2) is 0 Å². The van der Waals surface area contributed by atoms with Crippen molar-refractivity contribution in [2.75, 3.05) is 0 Å². The number of amides is 1. The summed E-state index contributed by atoms with van der Waals surface area (Å²) in [5.41, 5.74) is 6.65. The third-order valence-corrected chi connectivity index (χ3v) is 5.78. The molecule has 142 valence electrons. The molecule has 0 unspecified atom stereocenters. The van der Waals surface area contributed by atoms with Crippen LogP contribution in [-0.4, -0.2) is 28.3 Å². The van der Waals surface area contributed by atoms with Gasteiger partial charge in [0.05, 0.1) is 12.2 Å². The maximum absolute atomic E-state index is 10.8. The summed E-state index contributed by atoms with van der Waals surface area (Å²) in [6.45, 7) is 2.16. The van der Waals surface area contributed by atoms with Crippen molar-refractivity contribution in [1.82, 2.24) is 0 Å². The first kappa shape index (κ1) is 20.2. The summed E-state index contributed by atoms with van der Waals surface area (Å²) in [6, 6.07) is 0. The summed E-state index contributed by atoms with van der Waals surface area (Å²) < 4.78 is 0. The summed E-state index contributed by atoms with van der Waals surface area (Å²) in [5, 5.41) is 20.5. The van der Waals surface area contributed by atoms with Crippen LogP contribution < -0.4 is 5.73 Å². The monoisotopic (exact) mass is 349 g/mol. The van der Waals surface area contributed by atoms with E-state index >= 15 is 0 Å². The van der Waals surface area contributed by atoms with E-state index in [1.807, 2.05) is 6.08 Å². The Kier molecular flexibility index (Phi) is 8.17. The number of aliphatic hydroxyl groups is 2. The van der Waals surface area contributed by atoms with Crippen LogP contribution in [0.1, 0.15) is 71.1 Å². The molecule has 2 aliphatic carbocycles. The Bertz CT molecular complexity index is 486. The lowest BCUT2D eigenvalue weighted by Gasteiger charge is -2.19. The number of aliphatic hydroxyl groups excluding tert-OH is 2. The highest BCUT2D eigenvalue weighted by atomic mass is 16.3. The molecule has 0 aromatic rings. The maximum Gasteiger partial charge on any atom is 0.217 e. The molecule has 2 aliphatic rings. The van der Waals surface area contributed by atoms with E-state index in [1.54, 1.807) is 0 Å². The molecule has 1 saturated carbocycles. The molecule has 0 aromatic heterocycles. The minimum Gasteiger partial charge on any atom is -0.392 e. The van der Waals surface area contributed by atoms with E-state index in [2.05, 4.69) is 19.1 Å². The van der Waals surface area contributed by atoms with Crippen LogP contribution in [0.25, 0.3) is 0 Å². The molecule has 0 aliphatic heterocycles. The zero-order chi connectivity index (χ0) is 18.2. The Hall–Kier alpha value is -1.13. The van der Waals surface area contributed by atoms with Gasteiger partial charge in [-0.2, -0.15) is 0 Å². The van der Waals surface area contributed by atoms with Crippen molar-refractivity contribution in [1.29, 1.82) is 0 Å². The molecular weight excluding hydrogens is 314 g/mol. The van der Waals surface area contributed by atoms with Gasteiger partial charge in [0.2, 0.25) is 5.91 Å². The van der Waals surface area contributed by atoms with Crippen LogP contribution in [0.4, 0.5) is 0 Å². The van der Waals surface area contributed by atoms with Gasteiger partial charge in [-0.05, 0) is 50.4 Å². The van der Waals surface area contributed by atoms with Crippen molar-refractivity contribution in [2.24, 2.45) is 23.5 Å². The van der Waals surface area contributed by atoms with Crippen LogP contribution in [-0.2, 0) is 4.79 Å². The second kappa shape index (κ2) is 10.1. The molecule has 0 saturated heterocycles. The van der Waals surface area contributed by atoms with Crippen LogP contribution in [0.2, 0.25) is 0 Å². The van der Waals surface area contributed by atoms with Gasteiger partial charge in [0.15, 0.2) is 0 Å². The summed E-state index contributed by atoms with van der Waals surface area (Å²) >= 11 is 0. The minimum atomic E-state index is -0.388. The summed E-state index contributed by atoms with van der Waals surface area (Å²) in [4.78, 5) is 10.8. The molecule has 4 nitrogen and oxygen atoms in total. The van der Waals surface area contributed by atoms with E-state index in [9.17, 15) is 15.0 Å². The fourth-order valence-corrected chi connectivity index (χ4v) is 4.40. The highest BCUT2D eigenvalue weighted by Gasteiger charge is 2.43. The van der Waals surface area contributed by atoms with E-state index in [1.165, 1.54) is 5.57 Å². The first-order chi connectivity index (χ1) is 12.0. The van der Waals surface area contributed by atoms with Gasteiger partial charge in [-0.3, -0.25) is 4.79 Å². The number of hydrogen-bond acceptors (Lipinski definition) is 3. The second-order valence-corrected chi connectivity index (χ2v) is 7.86. The number of primary amides is 1. The van der Waals surface area contributed by atoms with Crippen molar-refractivity contribution < 1.29 is 15.0 Å². The number of fused-ring (bicyclic) bond motifs is 1. The number of unbranched alkanes of at least 4 members (excludes halogenated alkanes) is 3. The zero-order valence-electron chi connectivity index (χ0n) is 15.6. The normalized spacial score (nSPS) is 29.8. The van der Waals surface area contributed by atoms with Crippen molar-refractivity contribution >= 4 is 5.91 Å². The summed E-state index contributed by atoms with van der Waals surface area (Å²) in [6.07, 6.45) is 15.1. The Balaban J connectivity index is 1.78. The molecule has 0 bridgehead atoms. The average Bonchev–Trinajstić information content (AvgIpc) is 3.06. The molecule has 1 amide bonds. The van der Waals surface area contributed by atoms with Gasteiger partial charge in [0, 0.05) is 12.3 Å². The largest absolute Gasteiger partial charge is 0.392 e. The van der Waals surface area contributed by atoms with Crippen LogP contribution >= 0.6 is 0 Å². The first-order valence-corrected chi connectivity index (χ1v) is 10.0. The quantitative estimate of drug-likeness (QED) is 0.394. The van der Waals surface area contributed by atoms with Gasteiger partial charge >= 0.3 is 0 Å². The van der Waals surface area contributed by atoms with E-state index in [0.717, 1.165) is 57.8 Å². The molecular formula is C21H35NO3. The number of allylic oxidation sites excluding steroid dienone is 2. The summed E-state index contributed by atoms with van der Waals surface area (Å²) in [7, 11) is 0. The molecule has 0 radical (unpaired) electrons. The third-order valence-electron chi connectivity index (χ3n) is 5.78. The topological polar surface area (TPSA) is 83.5 Å². The lowest BCUT2D eigenvalue weighted by atomic mass is 9.88. The molecule has 0 aromatic carbocycles. The number of carbonyl (C=O) groups excluding carboxylic acids is 1. The number of rotatable bonds is 11. The van der Waals surface area contributed by atoms with Gasteiger partial charge in [0.1, 0.15) is 0 Å².